The lowest BCUT2D eigenvalue weighted by molar-refractivity contribution is 0.0984. The monoisotopic (exact) mass is 256 g/mol. The number of fused-ring (bicyclic) bond motifs is 1. The van der Waals surface area contributed by atoms with Gasteiger partial charge < -0.3 is 0 Å². The number of hydrogen-bond donors (Lipinski definition) is 0. The van der Waals surface area contributed by atoms with Crippen molar-refractivity contribution in [2.75, 3.05) is 5.75 Å². The summed E-state index contributed by atoms with van der Waals surface area (Å²) in [6, 6.07) is 4.04. The van der Waals surface area contributed by atoms with Crippen LogP contribution in [-0.4, -0.2) is 11.5 Å². The van der Waals surface area contributed by atoms with E-state index in [9.17, 15) is 4.79 Å². The second-order valence-corrected chi connectivity index (χ2v) is 5.06. The van der Waals surface area contributed by atoms with E-state index in [4.69, 9.17) is 0 Å². The zero-order valence-electron chi connectivity index (χ0n) is 7.26. The van der Waals surface area contributed by atoms with Gasteiger partial charge in [-0.05, 0) is 24.6 Å². The van der Waals surface area contributed by atoms with Crippen LogP contribution in [0, 0.1) is 6.92 Å². The van der Waals surface area contributed by atoms with Gasteiger partial charge in [0.05, 0.1) is 0 Å². The van der Waals surface area contributed by atoms with Crippen LogP contribution in [0.2, 0.25) is 0 Å². The van der Waals surface area contributed by atoms with Gasteiger partial charge in [0.15, 0.2) is 5.78 Å². The van der Waals surface area contributed by atoms with Crippen LogP contribution in [0.3, 0.4) is 0 Å². The highest BCUT2D eigenvalue weighted by Crippen LogP contribution is 2.34. The molecule has 68 valence electrons. The summed E-state index contributed by atoms with van der Waals surface area (Å²) in [4.78, 5) is 12.8. The first-order valence-corrected chi connectivity index (χ1v) is 5.93. The van der Waals surface area contributed by atoms with Crippen molar-refractivity contribution in [2.24, 2.45) is 0 Å². The van der Waals surface area contributed by atoms with Crippen molar-refractivity contribution in [1.29, 1.82) is 0 Å². The zero-order valence-corrected chi connectivity index (χ0v) is 9.67. The Hall–Kier alpha value is -0.280. The van der Waals surface area contributed by atoms with Crippen LogP contribution in [0.5, 0.6) is 0 Å². The van der Waals surface area contributed by atoms with E-state index in [1.54, 1.807) is 11.8 Å². The number of Topliss-reactive ketones (excluding diaryl/α,β-unsaturated/α-hetero) is 1. The molecule has 0 spiro atoms. The lowest BCUT2D eigenvalue weighted by Gasteiger charge is -2.16. The maximum absolute atomic E-state index is 11.6. The van der Waals surface area contributed by atoms with Crippen LogP contribution in [0.15, 0.2) is 21.5 Å². The molecule has 1 aliphatic rings. The molecule has 0 aliphatic carbocycles. The molecule has 0 fully saturated rings. The molecule has 1 aromatic carbocycles. The van der Waals surface area contributed by atoms with Crippen LogP contribution in [0.25, 0.3) is 0 Å². The first-order valence-electron chi connectivity index (χ1n) is 4.15. The predicted molar refractivity (Wildman–Crippen MR) is 58.6 cm³/mol. The largest absolute Gasteiger partial charge is 0.294 e. The Morgan fingerprint density at radius 2 is 2.23 bits per heavy atom. The molecule has 2 rings (SSSR count). The van der Waals surface area contributed by atoms with Gasteiger partial charge in [0, 0.05) is 27.1 Å². The van der Waals surface area contributed by atoms with Crippen LogP contribution >= 0.6 is 27.7 Å². The molecule has 0 saturated heterocycles. The van der Waals surface area contributed by atoms with E-state index in [1.807, 2.05) is 19.1 Å². The van der Waals surface area contributed by atoms with E-state index in [1.165, 1.54) is 0 Å². The minimum Gasteiger partial charge on any atom is -0.294 e. The highest BCUT2D eigenvalue weighted by atomic mass is 79.9. The average Bonchev–Trinajstić information content (AvgIpc) is 2.12. The fourth-order valence-electron chi connectivity index (χ4n) is 1.51. The van der Waals surface area contributed by atoms with Crippen molar-refractivity contribution < 1.29 is 4.79 Å². The Morgan fingerprint density at radius 1 is 1.46 bits per heavy atom. The second kappa shape index (κ2) is 3.46. The number of halogens is 1. The summed E-state index contributed by atoms with van der Waals surface area (Å²) in [6.45, 7) is 1.99. The van der Waals surface area contributed by atoms with E-state index >= 15 is 0 Å². The van der Waals surface area contributed by atoms with E-state index in [-0.39, 0.29) is 5.78 Å². The van der Waals surface area contributed by atoms with Gasteiger partial charge in [0.2, 0.25) is 0 Å². The molecule has 1 aliphatic heterocycles. The molecule has 0 saturated carbocycles. The molecule has 1 aromatic rings. The van der Waals surface area contributed by atoms with E-state index < -0.39 is 0 Å². The van der Waals surface area contributed by atoms with Gasteiger partial charge in [-0.25, -0.2) is 0 Å². The topological polar surface area (TPSA) is 17.1 Å². The number of benzene rings is 1. The lowest BCUT2D eigenvalue weighted by Crippen LogP contribution is -2.10. The number of ketones is 1. The van der Waals surface area contributed by atoms with Gasteiger partial charge >= 0.3 is 0 Å². The quantitative estimate of drug-likeness (QED) is 0.708. The number of carbonyl (C=O) groups excluding carboxylic acids is 1. The Bertz CT molecular complexity index is 373. The van der Waals surface area contributed by atoms with Gasteiger partial charge in [0.25, 0.3) is 0 Å². The molecule has 0 aromatic heterocycles. The molecule has 0 unspecified atom stereocenters. The minimum atomic E-state index is 0.285. The maximum atomic E-state index is 11.6. The zero-order chi connectivity index (χ0) is 9.42. The summed E-state index contributed by atoms with van der Waals surface area (Å²) in [5.74, 6) is 1.21. The summed E-state index contributed by atoms with van der Waals surface area (Å²) >= 11 is 5.21. The predicted octanol–water partition coefficient (Wildman–Crippen LogP) is 3.44. The summed E-state index contributed by atoms with van der Waals surface area (Å²) < 4.78 is 1.03. The van der Waals surface area contributed by atoms with Crippen LogP contribution in [0.1, 0.15) is 22.3 Å². The molecule has 0 N–H and O–H groups in total. The van der Waals surface area contributed by atoms with Crippen molar-refractivity contribution >= 4 is 33.5 Å². The van der Waals surface area contributed by atoms with Crippen molar-refractivity contribution in [3.05, 3.63) is 27.7 Å². The Morgan fingerprint density at radius 3 is 3.00 bits per heavy atom. The average molecular weight is 257 g/mol. The van der Waals surface area contributed by atoms with E-state index in [0.29, 0.717) is 6.42 Å². The molecule has 0 amide bonds. The first kappa shape index (κ1) is 9.28. The third-order valence-electron chi connectivity index (χ3n) is 2.23. The SMILES string of the molecule is Cc1c(Br)ccc2c1C(=O)CCS2. The van der Waals surface area contributed by atoms with Gasteiger partial charge in [0.1, 0.15) is 0 Å². The number of carbonyl (C=O) groups is 1. The standard InChI is InChI=1S/C10H9BrOS/c1-6-7(11)2-3-9-10(6)8(12)4-5-13-9/h2-3H,4-5H2,1H3. The molecule has 3 heteroatoms. The molecule has 1 heterocycles. The Labute approximate surface area is 90.0 Å². The molecule has 0 radical (unpaired) electrons. The second-order valence-electron chi connectivity index (χ2n) is 3.07. The van der Waals surface area contributed by atoms with Gasteiger partial charge in [-0.3, -0.25) is 4.79 Å². The lowest BCUT2D eigenvalue weighted by atomic mass is 10.0. The van der Waals surface area contributed by atoms with Crippen molar-refractivity contribution in [1.82, 2.24) is 0 Å². The minimum absolute atomic E-state index is 0.285. The van der Waals surface area contributed by atoms with Crippen molar-refractivity contribution in [2.45, 2.75) is 18.2 Å². The third-order valence-corrected chi connectivity index (χ3v) is 4.14. The summed E-state index contributed by atoms with van der Waals surface area (Å²) in [5, 5.41) is 0. The maximum Gasteiger partial charge on any atom is 0.165 e. The number of rotatable bonds is 0. The van der Waals surface area contributed by atoms with E-state index in [2.05, 4.69) is 15.9 Å². The normalized spacial score (nSPS) is 15.7. The molecular formula is C10H9BrOS. The van der Waals surface area contributed by atoms with Crippen molar-refractivity contribution in [3.63, 3.8) is 0 Å². The molecule has 0 atom stereocenters. The van der Waals surface area contributed by atoms with Crippen LogP contribution in [0.4, 0.5) is 0 Å². The Kier molecular flexibility index (Phi) is 2.47. The van der Waals surface area contributed by atoms with Gasteiger partial charge in [-0.2, -0.15) is 0 Å². The highest BCUT2D eigenvalue weighted by molar-refractivity contribution is 9.10. The van der Waals surface area contributed by atoms with E-state index in [0.717, 1.165) is 26.2 Å². The molecule has 13 heavy (non-hydrogen) atoms. The van der Waals surface area contributed by atoms with Crippen LogP contribution < -0.4 is 0 Å². The number of thioether (sulfide) groups is 1. The smallest absolute Gasteiger partial charge is 0.165 e. The fraction of sp³-hybridized carbons (Fsp3) is 0.300. The third kappa shape index (κ3) is 1.55. The van der Waals surface area contributed by atoms with Crippen LogP contribution in [-0.2, 0) is 0 Å². The highest BCUT2D eigenvalue weighted by Gasteiger charge is 2.20. The molecule has 1 nitrogen and oxygen atoms in total. The fourth-order valence-corrected chi connectivity index (χ4v) is 2.92. The van der Waals surface area contributed by atoms with Gasteiger partial charge in [-0.15, -0.1) is 11.8 Å². The summed E-state index contributed by atoms with van der Waals surface area (Å²) in [6.07, 6.45) is 0.676. The Balaban J connectivity index is 2.65. The summed E-state index contributed by atoms with van der Waals surface area (Å²) in [7, 11) is 0. The summed E-state index contributed by atoms with van der Waals surface area (Å²) in [5.41, 5.74) is 2.00. The van der Waals surface area contributed by atoms with Crippen molar-refractivity contribution in [3.8, 4) is 0 Å². The first-order chi connectivity index (χ1) is 6.20. The number of hydrogen-bond acceptors (Lipinski definition) is 2. The molecule has 0 bridgehead atoms. The molecular weight excluding hydrogens is 248 g/mol. The van der Waals surface area contributed by atoms with Gasteiger partial charge in [-0.1, -0.05) is 15.9 Å².